The number of esters is 1. The van der Waals surface area contributed by atoms with E-state index in [2.05, 4.69) is 5.32 Å². The van der Waals surface area contributed by atoms with Crippen LogP contribution >= 0.6 is 0 Å². The first kappa shape index (κ1) is 20.4. The Balaban J connectivity index is 2.45. The van der Waals surface area contributed by atoms with E-state index >= 15 is 0 Å². The summed E-state index contributed by atoms with van der Waals surface area (Å²) in [5.41, 5.74) is -0.363. The van der Waals surface area contributed by atoms with Crippen LogP contribution in [0, 0.1) is 0 Å². The van der Waals surface area contributed by atoms with Gasteiger partial charge in [-0.05, 0) is 13.0 Å². The topological polar surface area (TPSA) is 142 Å². The summed E-state index contributed by atoms with van der Waals surface area (Å²) in [5, 5.41) is 32.3. The minimum absolute atomic E-state index is 0.0883. The maximum atomic E-state index is 12.4. The molecule has 27 heavy (non-hydrogen) atoms. The summed E-state index contributed by atoms with van der Waals surface area (Å²) < 4.78 is 10.2. The SMILES string of the molecule is COc1cc(O)c2c(c1)NC(=O)C[C@H](O)[C@H](O)C(=O)/C=C\CC(C)OC2=O. The van der Waals surface area contributed by atoms with Crippen LogP contribution in [0.4, 0.5) is 5.69 Å². The normalized spacial score (nSPS) is 25.6. The van der Waals surface area contributed by atoms with Gasteiger partial charge in [-0.25, -0.2) is 4.79 Å². The predicted molar refractivity (Wildman–Crippen MR) is 93.6 cm³/mol. The zero-order valence-electron chi connectivity index (χ0n) is 14.8. The first-order valence-corrected chi connectivity index (χ1v) is 8.21. The van der Waals surface area contributed by atoms with Crippen molar-refractivity contribution in [2.45, 2.75) is 38.1 Å². The van der Waals surface area contributed by atoms with E-state index < -0.39 is 48.1 Å². The zero-order valence-corrected chi connectivity index (χ0v) is 14.8. The van der Waals surface area contributed by atoms with Crippen LogP contribution in [-0.2, 0) is 14.3 Å². The van der Waals surface area contributed by atoms with Crippen LogP contribution < -0.4 is 10.1 Å². The average molecular weight is 379 g/mol. The molecule has 0 bridgehead atoms. The molecule has 1 aliphatic heterocycles. The quantitative estimate of drug-likeness (QED) is 0.518. The minimum atomic E-state index is -1.77. The van der Waals surface area contributed by atoms with Gasteiger partial charge in [0.15, 0.2) is 5.78 Å². The van der Waals surface area contributed by atoms with E-state index in [4.69, 9.17) is 9.47 Å². The highest BCUT2D eigenvalue weighted by Gasteiger charge is 2.27. The fourth-order valence-corrected chi connectivity index (χ4v) is 2.49. The number of rotatable bonds is 1. The molecule has 0 saturated heterocycles. The fraction of sp³-hybridized carbons (Fsp3) is 0.389. The van der Waals surface area contributed by atoms with Crippen molar-refractivity contribution in [3.05, 3.63) is 29.8 Å². The third-order valence-corrected chi connectivity index (χ3v) is 3.91. The number of carbonyl (C=O) groups is 3. The highest BCUT2D eigenvalue weighted by Crippen LogP contribution is 2.33. The van der Waals surface area contributed by atoms with Gasteiger partial charge in [0.05, 0.1) is 25.3 Å². The van der Waals surface area contributed by atoms with E-state index in [1.807, 2.05) is 0 Å². The highest BCUT2D eigenvalue weighted by molar-refractivity contribution is 6.04. The summed E-state index contributed by atoms with van der Waals surface area (Å²) in [6.07, 6.45) is -2.07. The molecule has 1 heterocycles. The predicted octanol–water partition coefficient (Wildman–Crippen LogP) is 0.525. The van der Waals surface area contributed by atoms with E-state index in [9.17, 15) is 29.7 Å². The second-order valence-electron chi connectivity index (χ2n) is 6.09. The molecule has 146 valence electrons. The van der Waals surface area contributed by atoms with Crippen LogP contribution in [0.2, 0.25) is 0 Å². The number of aromatic hydroxyl groups is 1. The Kier molecular flexibility index (Phi) is 6.54. The first-order valence-electron chi connectivity index (χ1n) is 8.21. The number of nitrogens with one attached hydrogen (secondary N) is 1. The number of ketones is 1. The summed E-state index contributed by atoms with van der Waals surface area (Å²) in [5.74, 6) is -2.72. The van der Waals surface area contributed by atoms with Crippen LogP contribution in [0.5, 0.6) is 11.5 Å². The van der Waals surface area contributed by atoms with Gasteiger partial charge in [0.1, 0.15) is 29.3 Å². The number of aliphatic hydroxyl groups excluding tert-OH is 2. The number of benzene rings is 1. The van der Waals surface area contributed by atoms with Crippen LogP contribution in [0.3, 0.4) is 0 Å². The van der Waals surface area contributed by atoms with E-state index in [-0.39, 0.29) is 23.4 Å². The number of carbonyl (C=O) groups excluding carboxylic acids is 3. The highest BCUT2D eigenvalue weighted by atomic mass is 16.5. The van der Waals surface area contributed by atoms with E-state index in [0.29, 0.717) is 0 Å². The molecule has 0 radical (unpaired) electrons. The molecule has 0 aromatic heterocycles. The number of fused-ring (bicyclic) bond motifs is 1. The third-order valence-electron chi connectivity index (χ3n) is 3.91. The molecule has 0 fully saturated rings. The maximum absolute atomic E-state index is 12.4. The Morgan fingerprint density at radius 3 is 2.59 bits per heavy atom. The van der Waals surface area contributed by atoms with Gasteiger partial charge in [-0.3, -0.25) is 9.59 Å². The van der Waals surface area contributed by atoms with E-state index in [1.54, 1.807) is 6.92 Å². The van der Waals surface area contributed by atoms with Crippen molar-refractivity contribution in [3.63, 3.8) is 0 Å². The number of anilines is 1. The van der Waals surface area contributed by atoms with Crippen molar-refractivity contribution >= 4 is 23.3 Å². The lowest BCUT2D eigenvalue weighted by molar-refractivity contribution is -0.130. The standard InChI is InChI=1S/C18H21NO8/c1-9-4-3-5-12(20)17(24)14(22)8-15(23)19-11-6-10(26-2)7-13(21)16(11)18(25)27-9/h3,5-7,9,14,17,21-22,24H,4,8H2,1-2H3,(H,19,23)/b5-3-/t9?,14-,17+/m0/s1. The molecule has 1 amide bonds. The largest absolute Gasteiger partial charge is 0.507 e. The van der Waals surface area contributed by atoms with Crippen molar-refractivity contribution in [1.29, 1.82) is 0 Å². The molecule has 0 saturated carbocycles. The van der Waals surface area contributed by atoms with Gasteiger partial charge in [-0.1, -0.05) is 6.08 Å². The molecule has 3 atom stereocenters. The Hall–Kier alpha value is -2.91. The van der Waals surface area contributed by atoms with Gasteiger partial charge in [0.2, 0.25) is 5.91 Å². The van der Waals surface area contributed by atoms with Crippen molar-refractivity contribution < 1.29 is 39.2 Å². The van der Waals surface area contributed by atoms with Crippen LogP contribution in [0.25, 0.3) is 0 Å². The lowest BCUT2D eigenvalue weighted by Gasteiger charge is -2.19. The molecule has 9 nitrogen and oxygen atoms in total. The van der Waals surface area contributed by atoms with Crippen molar-refractivity contribution in [2.24, 2.45) is 0 Å². The number of cyclic esters (lactones) is 1. The van der Waals surface area contributed by atoms with Crippen molar-refractivity contribution in [1.82, 2.24) is 0 Å². The molecule has 0 aliphatic carbocycles. The van der Waals surface area contributed by atoms with Gasteiger partial charge in [-0.15, -0.1) is 0 Å². The smallest absolute Gasteiger partial charge is 0.344 e. The summed E-state index contributed by atoms with van der Waals surface area (Å²) in [6.45, 7) is 1.57. The molecule has 4 N–H and O–H groups in total. The Bertz CT molecular complexity index is 773. The number of hydrogen-bond donors (Lipinski definition) is 4. The first-order chi connectivity index (χ1) is 12.7. The Morgan fingerprint density at radius 1 is 1.22 bits per heavy atom. The third kappa shape index (κ3) is 5.05. The molecule has 9 heteroatoms. The van der Waals surface area contributed by atoms with Gasteiger partial charge in [0, 0.05) is 18.6 Å². The van der Waals surface area contributed by atoms with Gasteiger partial charge >= 0.3 is 5.97 Å². The zero-order chi connectivity index (χ0) is 20.1. The van der Waals surface area contributed by atoms with Gasteiger partial charge < -0.3 is 30.1 Å². The van der Waals surface area contributed by atoms with Crippen LogP contribution in [-0.4, -0.2) is 58.4 Å². The number of ether oxygens (including phenoxy) is 2. The number of methoxy groups -OCH3 is 1. The molecule has 1 aromatic rings. The Morgan fingerprint density at radius 2 is 1.93 bits per heavy atom. The number of hydrogen-bond acceptors (Lipinski definition) is 8. The van der Waals surface area contributed by atoms with Crippen LogP contribution in [0.15, 0.2) is 24.3 Å². The number of phenols is 1. The average Bonchev–Trinajstić information content (AvgIpc) is 2.59. The molecular weight excluding hydrogens is 358 g/mol. The monoisotopic (exact) mass is 379 g/mol. The summed E-state index contributed by atoms with van der Waals surface area (Å²) in [4.78, 5) is 36.4. The van der Waals surface area contributed by atoms with Crippen molar-refractivity contribution in [2.75, 3.05) is 12.4 Å². The van der Waals surface area contributed by atoms with E-state index in [0.717, 1.165) is 6.08 Å². The lowest BCUT2D eigenvalue weighted by Crippen LogP contribution is -2.36. The summed E-state index contributed by atoms with van der Waals surface area (Å²) in [7, 11) is 1.34. The number of phenolic OH excluding ortho intramolecular Hbond substituents is 1. The van der Waals surface area contributed by atoms with Gasteiger partial charge in [-0.2, -0.15) is 0 Å². The molecule has 0 spiro atoms. The fourth-order valence-electron chi connectivity index (χ4n) is 2.49. The number of aliphatic hydroxyl groups is 2. The van der Waals surface area contributed by atoms with Crippen molar-refractivity contribution in [3.8, 4) is 11.5 Å². The number of amides is 1. The molecule has 1 aromatic carbocycles. The summed E-state index contributed by atoms with van der Waals surface area (Å²) >= 11 is 0. The second-order valence-corrected chi connectivity index (χ2v) is 6.09. The molecule has 1 unspecified atom stereocenters. The van der Waals surface area contributed by atoms with Gasteiger partial charge in [0.25, 0.3) is 0 Å². The Labute approximate surface area is 155 Å². The molecule has 2 rings (SSSR count). The van der Waals surface area contributed by atoms with Crippen LogP contribution in [0.1, 0.15) is 30.1 Å². The molecule has 1 aliphatic rings. The minimum Gasteiger partial charge on any atom is -0.507 e. The summed E-state index contributed by atoms with van der Waals surface area (Å²) in [6, 6.07) is 2.50. The van der Waals surface area contributed by atoms with E-state index in [1.165, 1.54) is 25.3 Å². The molecular formula is C18H21NO8. The maximum Gasteiger partial charge on any atom is 0.344 e. The lowest BCUT2D eigenvalue weighted by atomic mass is 10.0. The second kappa shape index (κ2) is 8.65.